The van der Waals surface area contributed by atoms with Crippen molar-refractivity contribution in [1.29, 1.82) is 0 Å². The lowest BCUT2D eigenvalue weighted by Gasteiger charge is -2.01. The van der Waals surface area contributed by atoms with Gasteiger partial charge in [0.25, 0.3) is 0 Å². The van der Waals surface area contributed by atoms with E-state index in [0.29, 0.717) is 31.1 Å². The van der Waals surface area contributed by atoms with Gasteiger partial charge in [-0.1, -0.05) is 5.16 Å². The predicted octanol–water partition coefficient (Wildman–Crippen LogP) is 2.04. The van der Waals surface area contributed by atoms with Gasteiger partial charge in [-0.25, -0.2) is 4.98 Å². The number of nitrogens with zero attached hydrogens (tertiary/aromatic N) is 4. The van der Waals surface area contributed by atoms with Crippen molar-refractivity contribution in [2.45, 2.75) is 26.3 Å². The number of imidazole rings is 1. The van der Waals surface area contributed by atoms with Gasteiger partial charge in [-0.3, -0.25) is 4.79 Å². The summed E-state index contributed by atoms with van der Waals surface area (Å²) in [5.74, 6) is 0.977. The number of hydrogen-bond donors (Lipinski definition) is 1. The highest BCUT2D eigenvalue weighted by Gasteiger charge is 2.08. The fourth-order valence-corrected chi connectivity index (χ4v) is 2.39. The van der Waals surface area contributed by atoms with Crippen LogP contribution in [0.3, 0.4) is 0 Å². The lowest BCUT2D eigenvalue weighted by molar-refractivity contribution is -0.121. The third-order valence-corrected chi connectivity index (χ3v) is 3.54. The van der Waals surface area contributed by atoms with Crippen LogP contribution in [0.2, 0.25) is 0 Å². The van der Waals surface area contributed by atoms with Crippen LogP contribution in [-0.2, 0) is 17.8 Å². The molecule has 1 amide bonds. The van der Waals surface area contributed by atoms with Crippen LogP contribution in [0, 0.1) is 6.92 Å². The molecule has 0 bridgehead atoms. The average molecular weight is 364 g/mol. The van der Waals surface area contributed by atoms with Gasteiger partial charge in [-0.05, 0) is 35.0 Å². The first-order valence-electron chi connectivity index (χ1n) is 6.79. The second-order valence-electron chi connectivity index (χ2n) is 4.86. The molecule has 0 aliphatic heterocycles. The molecule has 0 unspecified atom stereocenters. The monoisotopic (exact) mass is 363 g/mol. The lowest BCUT2D eigenvalue weighted by atomic mass is 10.3. The van der Waals surface area contributed by atoms with Gasteiger partial charge in [0.1, 0.15) is 5.65 Å². The summed E-state index contributed by atoms with van der Waals surface area (Å²) in [6.07, 6.45) is 4.55. The Hall–Kier alpha value is -2.22. The Balaban J connectivity index is 1.53. The Kier molecular flexibility index (Phi) is 4.19. The number of amides is 1. The number of pyridine rings is 1. The van der Waals surface area contributed by atoms with Gasteiger partial charge in [-0.2, -0.15) is 4.98 Å². The molecule has 3 aromatic rings. The maximum absolute atomic E-state index is 11.8. The molecule has 0 aliphatic rings. The molecule has 114 valence electrons. The number of aromatic nitrogens is 4. The van der Waals surface area contributed by atoms with E-state index >= 15 is 0 Å². The topological polar surface area (TPSA) is 85.3 Å². The molecule has 0 atom stereocenters. The third-order valence-electron chi connectivity index (χ3n) is 3.07. The van der Waals surface area contributed by atoms with Gasteiger partial charge in [0.15, 0.2) is 5.82 Å². The Bertz CT molecular complexity index is 811. The molecule has 0 radical (unpaired) electrons. The van der Waals surface area contributed by atoms with Crippen molar-refractivity contribution in [3.63, 3.8) is 0 Å². The van der Waals surface area contributed by atoms with Crippen LogP contribution in [0.1, 0.15) is 23.8 Å². The molecule has 3 aromatic heterocycles. The van der Waals surface area contributed by atoms with Crippen LogP contribution in [0.15, 0.2) is 33.5 Å². The van der Waals surface area contributed by atoms with Crippen LogP contribution in [-0.4, -0.2) is 25.4 Å². The molecule has 22 heavy (non-hydrogen) atoms. The second kappa shape index (κ2) is 6.27. The van der Waals surface area contributed by atoms with Crippen molar-refractivity contribution in [3.05, 3.63) is 46.4 Å². The Morgan fingerprint density at radius 3 is 3.00 bits per heavy atom. The second-order valence-corrected chi connectivity index (χ2v) is 5.77. The van der Waals surface area contributed by atoms with Crippen LogP contribution in [0.4, 0.5) is 0 Å². The van der Waals surface area contributed by atoms with Crippen molar-refractivity contribution in [2.75, 3.05) is 0 Å². The van der Waals surface area contributed by atoms with Gasteiger partial charge >= 0.3 is 0 Å². The minimum absolute atomic E-state index is 0.0749. The number of fused-ring (bicyclic) bond motifs is 1. The Labute approximate surface area is 134 Å². The molecule has 3 rings (SSSR count). The summed E-state index contributed by atoms with van der Waals surface area (Å²) in [5.41, 5.74) is 1.65. The zero-order valence-corrected chi connectivity index (χ0v) is 13.5. The van der Waals surface area contributed by atoms with E-state index in [1.807, 2.05) is 28.9 Å². The molecule has 0 saturated heterocycles. The highest BCUT2D eigenvalue weighted by molar-refractivity contribution is 9.10. The quantitative estimate of drug-likeness (QED) is 0.749. The maximum Gasteiger partial charge on any atom is 0.227 e. The minimum atomic E-state index is -0.0749. The van der Waals surface area contributed by atoms with Gasteiger partial charge in [-0.15, -0.1) is 0 Å². The van der Waals surface area contributed by atoms with E-state index in [9.17, 15) is 4.79 Å². The first kappa shape index (κ1) is 14.7. The smallest absolute Gasteiger partial charge is 0.227 e. The van der Waals surface area contributed by atoms with Crippen molar-refractivity contribution in [1.82, 2.24) is 24.8 Å². The molecule has 0 aliphatic carbocycles. The molecule has 0 saturated carbocycles. The summed E-state index contributed by atoms with van der Waals surface area (Å²) >= 11 is 3.41. The zero-order valence-electron chi connectivity index (χ0n) is 11.9. The molecule has 7 nitrogen and oxygen atoms in total. The highest BCUT2D eigenvalue weighted by Crippen LogP contribution is 2.12. The lowest BCUT2D eigenvalue weighted by Crippen LogP contribution is -2.23. The normalized spacial score (nSPS) is 11.0. The molecule has 3 heterocycles. The predicted molar refractivity (Wildman–Crippen MR) is 82.1 cm³/mol. The van der Waals surface area contributed by atoms with E-state index in [1.54, 1.807) is 6.92 Å². The molecule has 1 N–H and O–H groups in total. The molecule has 8 heteroatoms. The van der Waals surface area contributed by atoms with Gasteiger partial charge in [0, 0.05) is 29.7 Å². The van der Waals surface area contributed by atoms with Crippen LogP contribution < -0.4 is 5.32 Å². The van der Waals surface area contributed by atoms with Crippen molar-refractivity contribution < 1.29 is 9.32 Å². The number of hydrogen-bond acceptors (Lipinski definition) is 5. The van der Waals surface area contributed by atoms with E-state index in [4.69, 9.17) is 4.52 Å². The zero-order chi connectivity index (χ0) is 15.5. The molecular weight excluding hydrogens is 350 g/mol. The summed E-state index contributed by atoms with van der Waals surface area (Å²) in [5, 5.41) is 6.52. The number of halogens is 1. The molecular formula is C14H14BrN5O2. The number of carbonyl (C=O) groups is 1. The summed E-state index contributed by atoms with van der Waals surface area (Å²) in [4.78, 5) is 20.3. The minimum Gasteiger partial charge on any atom is -0.350 e. The number of carbonyl (C=O) groups excluding carboxylic acids is 1. The van der Waals surface area contributed by atoms with Crippen molar-refractivity contribution in [3.8, 4) is 0 Å². The fourth-order valence-electron chi connectivity index (χ4n) is 2.04. The van der Waals surface area contributed by atoms with Crippen LogP contribution >= 0.6 is 15.9 Å². The van der Waals surface area contributed by atoms with Crippen molar-refractivity contribution in [2.24, 2.45) is 0 Å². The first-order chi connectivity index (χ1) is 10.6. The standard InChI is InChI=1S/C14H14BrN5O2/c1-9-17-14(22-19-9)5-4-13(21)16-6-11-8-20-7-10(15)2-3-12(20)18-11/h2-3,7-8H,4-6H2,1H3,(H,16,21). The average Bonchev–Trinajstić information content (AvgIpc) is 3.08. The summed E-state index contributed by atoms with van der Waals surface area (Å²) in [6.45, 7) is 2.13. The number of rotatable bonds is 5. The van der Waals surface area contributed by atoms with Crippen LogP contribution in [0.25, 0.3) is 5.65 Å². The summed E-state index contributed by atoms with van der Waals surface area (Å²) < 4.78 is 7.85. The molecule has 0 aromatic carbocycles. The first-order valence-corrected chi connectivity index (χ1v) is 7.58. The molecule has 0 spiro atoms. The SMILES string of the molecule is Cc1noc(CCC(=O)NCc2cn3cc(Br)ccc3n2)n1. The summed E-state index contributed by atoms with van der Waals surface area (Å²) in [6, 6.07) is 3.84. The Morgan fingerprint density at radius 2 is 2.23 bits per heavy atom. The van der Waals surface area contributed by atoms with Gasteiger partial charge in [0.2, 0.25) is 11.8 Å². The van der Waals surface area contributed by atoms with E-state index in [2.05, 4.69) is 36.4 Å². The third kappa shape index (κ3) is 3.51. The van der Waals surface area contributed by atoms with E-state index in [-0.39, 0.29) is 5.91 Å². The van der Waals surface area contributed by atoms with E-state index < -0.39 is 0 Å². The summed E-state index contributed by atoms with van der Waals surface area (Å²) in [7, 11) is 0. The van der Waals surface area contributed by atoms with E-state index in [1.165, 1.54) is 0 Å². The fraction of sp³-hybridized carbons (Fsp3) is 0.286. The van der Waals surface area contributed by atoms with Gasteiger partial charge in [0.05, 0.1) is 12.2 Å². The Morgan fingerprint density at radius 1 is 1.36 bits per heavy atom. The van der Waals surface area contributed by atoms with Crippen molar-refractivity contribution >= 4 is 27.5 Å². The van der Waals surface area contributed by atoms with Crippen LogP contribution in [0.5, 0.6) is 0 Å². The number of aryl methyl sites for hydroxylation is 2. The number of nitrogens with one attached hydrogen (secondary N) is 1. The molecule has 0 fully saturated rings. The maximum atomic E-state index is 11.8. The van der Waals surface area contributed by atoms with E-state index in [0.717, 1.165) is 15.8 Å². The highest BCUT2D eigenvalue weighted by atomic mass is 79.9. The largest absolute Gasteiger partial charge is 0.350 e. The van der Waals surface area contributed by atoms with Gasteiger partial charge < -0.3 is 14.2 Å².